The van der Waals surface area contributed by atoms with Crippen LogP contribution in [-0.2, 0) is 19.1 Å². The maximum atomic E-state index is 11.5. The van der Waals surface area contributed by atoms with Gasteiger partial charge in [-0.2, -0.15) is 0 Å². The summed E-state index contributed by atoms with van der Waals surface area (Å²) in [5, 5.41) is 0. The number of quaternary nitrogens is 2. The third kappa shape index (κ3) is 23.7. The molecule has 8 heteroatoms. The van der Waals surface area contributed by atoms with Gasteiger partial charge in [-0.25, -0.2) is 9.59 Å². The Kier molecular flexibility index (Phi) is 24.7. The molecular weight excluding hydrogens is 588 g/mol. The molecule has 0 radical (unpaired) electrons. The fourth-order valence-electron chi connectivity index (χ4n) is 3.73. The Morgan fingerprint density at radius 1 is 0.528 bits per heavy atom. The van der Waals surface area contributed by atoms with Crippen LogP contribution < -0.4 is 34.0 Å². The highest BCUT2D eigenvalue weighted by Gasteiger charge is 2.16. The van der Waals surface area contributed by atoms with Gasteiger partial charge in [-0.05, 0) is 39.5 Å². The largest absolute Gasteiger partial charge is 1.00 e. The van der Waals surface area contributed by atoms with Crippen LogP contribution in [0.1, 0.15) is 78.1 Å². The van der Waals surface area contributed by atoms with Crippen molar-refractivity contribution < 1.29 is 62.0 Å². The first kappa shape index (κ1) is 39.8. The van der Waals surface area contributed by atoms with Gasteiger partial charge in [-0.3, -0.25) is 0 Å². The molecule has 214 valence electrons. The van der Waals surface area contributed by atoms with Gasteiger partial charge in [0, 0.05) is 11.1 Å². The summed E-state index contributed by atoms with van der Waals surface area (Å²) in [4.78, 5) is 22.9. The van der Waals surface area contributed by atoms with Crippen LogP contribution in [0.2, 0.25) is 0 Å². The first-order valence-electron chi connectivity index (χ1n) is 13.2. The Hall–Kier alpha value is -0.700. The molecule has 0 aliphatic carbocycles. The number of esters is 2. The van der Waals surface area contributed by atoms with Crippen molar-refractivity contribution in [3.63, 3.8) is 0 Å². The van der Waals surface area contributed by atoms with Crippen LogP contribution in [0.3, 0.4) is 0 Å². The number of unbranched alkanes of at least 4 members (excludes halogenated alkanes) is 9. The van der Waals surface area contributed by atoms with Crippen LogP contribution in [0.15, 0.2) is 24.3 Å². The van der Waals surface area contributed by atoms with Crippen molar-refractivity contribution in [1.29, 1.82) is 0 Å². The Morgan fingerprint density at radius 2 is 0.778 bits per heavy atom. The number of rotatable bonds is 21. The van der Waals surface area contributed by atoms with Crippen LogP contribution in [-0.4, -0.2) is 88.5 Å². The summed E-state index contributed by atoms with van der Waals surface area (Å²) in [5.74, 6) is -0.580. The van der Waals surface area contributed by atoms with Crippen LogP contribution in [0.25, 0.3) is 0 Å². The summed E-state index contributed by atoms with van der Waals surface area (Å²) in [5.41, 5.74) is 0.925. The van der Waals surface area contributed by atoms with E-state index in [-0.39, 0.29) is 45.9 Å². The van der Waals surface area contributed by atoms with E-state index in [0.717, 1.165) is 35.1 Å². The molecule has 0 saturated heterocycles. The Balaban J connectivity index is -0.00000544. The predicted molar refractivity (Wildman–Crippen MR) is 141 cm³/mol. The Morgan fingerprint density at radius 3 is 1.03 bits per heavy atom. The molecule has 6 nitrogen and oxygen atoms in total. The molecular formula is C28H54Br2N2O4. The molecule has 0 aromatic heterocycles. The third-order valence-electron chi connectivity index (χ3n) is 6.33. The van der Waals surface area contributed by atoms with E-state index in [1.54, 1.807) is 13.8 Å². The maximum Gasteiger partial charge on any atom is 0.333 e. The standard InChI is InChI=1S/C28H54N2O4.2BrH/c1-25(2)27(31)33-23-21-29(5,6)19-17-15-13-11-9-10-12-14-16-18-20-30(7,8)22-24-34-28(32)26(3)4;;/h1,3,9-24H2,2,4-8H3;2*1H/q+2;;/p-2. The average Bonchev–Trinajstić information content (AvgIpc) is 2.73. The summed E-state index contributed by atoms with van der Waals surface area (Å²) in [6.45, 7) is 15.4. The number of likely N-dealkylation sites (N-methyl/N-ethyl adjacent to an activating group) is 2. The van der Waals surface area contributed by atoms with Crippen molar-refractivity contribution in [2.45, 2.75) is 78.1 Å². The number of ether oxygens (including phenoxy) is 2. The smallest absolute Gasteiger partial charge is 0.333 e. The molecule has 0 bridgehead atoms. The van der Waals surface area contributed by atoms with Crippen LogP contribution in [0.4, 0.5) is 0 Å². The van der Waals surface area contributed by atoms with Crippen molar-refractivity contribution >= 4 is 11.9 Å². The van der Waals surface area contributed by atoms with Gasteiger partial charge in [0.15, 0.2) is 0 Å². The third-order valence-corrected chi connectivity index (χ3v) is 6.33. The van der Waals surface area contributed by atoms with E-state index < -0.39 is 0 Å². The number of hydrogen-bond acceptors (Lipinski definition) is 4. The number of carbonyl (C=O) groups excluding carboxylic acids is 2. The van der Waals surface area contributed by atoms with Crippen LogP contribution in [0, 0.1) is 0 Å². The number of halogens is 2. The summed E-state index contributed by atoms with van der Waals surface area (Å²) in [7, 11) is 8.81. The summed E-state index contributed by atoms with van der Waals surface area (Å²) in [6.07, 6.45) is 13.0. The molecule has 0 aliphatic rings. The van der Waals surface area contributed by atoms with Gasteiger partial charge in [0.25, 0.3) is 0 Å². The fourth-order valence-corrected chi connectivity index (χ4v) is 3.73. The summed E-state index contributed by atoms with van der Waals surface area (Å²) < 4.78 is 12.2. The van der Waals surface area contributed by atoms with Gasteiger partial charge in [0.2, 0.25) is 0 Å². The van der Waals surface area contributed by atoms with E-state index in [1.807, 2.05) is 0 Å². The van der Waals surface area contributed by atoms with Crippen molar-refractivity contribution in [2.24, 2.45) is 0 Å². The molecule has 0 heterocycles. The van der Waals surface area contributed by atoms with Crippen molar-refractivity contribution in [3.8, 4) is 0 Å². The van der Waals surface area contributed by atoms with Gasteiger partial charge in [-0.15, -0.1) is 0 Å². The topological polar surface area (TPSA) is 52.6 Å². The van der Waals surface area contributed by atoms with E-state index in [1.165, 1.54) is 64.2 Å². The zero-order valence-electron chi connectivity index (χ0n) is 24.0. The van der Waals surface area contributed by atoms with Crippen LogP contribution >= 0.6 is 0 Å². The molecule has 0 aromatic carbocycles. The lowest BCUT2D eigenvalue weighted by Crippen LogP contribution is -3.00. The first-order valence-corrected chi connectivity index (χ1v) is 13.2. The van der Waals surface area contributed by atoms with E-state index in [9.17, 15) is 9.59 Å². The van der Waals surface area contributed by atoms with E-state index in [0.29, 0.717) is 24.4 Å². The molecule has 0 fully saturated rings. The monoisotopic (exact) mass is 640 g/mol. The quantitative estimate of drug-likeness (QED) is 0.0720. The minimum Gasteiger partial charge on any atom is -1.00 e. The minimum atomic E-state index is -0.290. The molecule has 0 aromatic rings. The summed E-state index contributed by atoms with van der Waals surface area (Å²) >= 11 is 0. The van der Waals surface area contributed by atoms with Crippen molar-refractivity contribution in [3.05, 3.63) is 24.3 Å². The highest BCUT2D eigenvalue weighted by Crippen LogP contribution is 2.13. The maximum absolute atomic E-state index is 11.5. The van der Waals surface area contributed by atoms with E-state index >= 15 is 0 Å². The average molecular weight is 643 g/mol. The second kappa shape index (κ2) is 22.3. The first-order chi connectivity index (χ1) is 15.9. The number of carbonyl (C=O) groups is 2. The highest BCUT2D eigenvalue weighted by atomic mass is 79.9. The fraction of sp³-hybridized carbons (Fsp3) is 0.786. The molecule has 0 amide bonds. The number of hydrogen-bond donors (Lipinski definition) is 0. The molecule has 0 saturated carbocycles. The van der Waals surface area contributed by atoms with Crippen molar-refractivity contribution in [1.82, 2.24) is 0 Å². The normalized spacial score (nSPS) is 11.2. The SMILES string of the molecule is C=C(C)C(=O)OCC[N+](C)(C)CCCCCCCCCCCC[N+](C)(C)CCOC(=O)C(=C)C.[Br-].[Br-]. The lowest BCUT2D eigenvalue weighted by molar-refractivity contribution is -0.890. The van der Waals surface area contributed by atoms with Crippen molar-refractivity contribution in [2.75, 3.05) is 67.6 Å². The molecule has 0 atom stereocenters. The van der Waals surface area contributed by atoms with Crippen LogP contribution in [0.5, 0.6) is 0 Å². The van der Waals surface area contributed by atoms with Gasteiger partial charge < -0.3 is 52.4 Å². The lowest BCUT2D eigenvalue weighted by Gasteiger charge is -2.29. The minimum absolute atomic E-state index is 0. The second-order valence-corrected chi connectivity index (χ2v) is 11.1. The van der Waals surface area contributed by atoms with E-state index in [4.69, 9.17) is 9.47 Å². The molecule has 0 N–H and O–H groups in total. The lowest BCUT2D eigenvalue weighted by atomic mass is 10.1. The van der Waals surface area contributed by atoms with Gasteiger partial charge in [-0.1, -0.05) is 51.7 Å². The van der Waals surface area contributed by atoms with Gasteiger partial charge >= 0.3 is 11.9 Å². The van der Waals surface area contributed by atoms with Gasteiger partial charge in [0.1, 0.15) is 26.3 Å². The number of nitrogens with zero attached hydrogens (tertiary/aromatic N) is 2. The van der Waals surface area contributed by atoms with Gasteiger partial charge in [0.05, 0.1) is 41.3 Å². The highest BCUT2D eigenvalue weighted by molar-refractivity contribution is 5.87. The summed E-state index contributed by atoms with van der Waals surface area (Å²) in [6, 6.07) is 0. The molecule has 0 rings (SSSR count). The molecule has 36 heavy (non-hydrogen) atoms. The Labute approximate surface area is 243 Å². The Bertz CT molecular complexity index is 583. The zero-order chi connectivity index (χ0) is 26.0. The zero-order valence-corrected chi connectivity index (χ0v) is 27.2. The molecule has 0 unspecified atom stereocenters. The second-order valence-electron chi connectivity index (χ2n) is 11.1. The molecule has 0 aliphatic heterocycles. The van der Waals surface area contributed by atoms with E-state index in [2.05, 4.69) is 41.3 Å². The predicted octanol–water partition coefficient (Wildman–Crippen LogP) is -0.713. The molecule has 0 spiro atoms.